The molecule has 1 N–H and O–H groups in total. The summed E-state index contributed by atoms with van der Waals surface area (Å²) in [5.74, 6) is 1.87. The molecule has 1 aromatic heterocycles. The van der Waals surface area contributed by atoms with Crippen molar-refractivity contribution in [3.05, 3.63) is 12.4 Å². The largest absolute Gasteiger partial charge is 0.359 e. The first kappa shape index (κ1) is 8.60. The number of rotatable bonds is 3. The van der Waals surface area contributed by atoms with Crippen LogP contribution in [0, 0.1) is 5.92 Å². The normalized spacial score (nSPS) is 17.9. The molecule has 2 rings (SSSR count). The van der Waals surface area contributed by atoms with E-state index in [9.17, 15) is 0 Å². The summed E-state index contributed by atoms with van der Waals surface area (Å²) in [5.41, 5.74) is 0. The zero-order valence-electron chi connectivity index (χ0n) is 8.16. The van der Waals surface area contributed by atoms with Crippen LogP contribution in [0.2, 0.25) is 0 Å². The number of anilines is 1. The van der Waals surface area contributed by atoms with Gasteiger partial charge in [0.05, 0.1) is 0 Å². The van der Waals surface area contributed by atoms with Crippen LogP contribution in [0.5, 0.6) is 0 Å². The smallest absolute Gasteiger partial charge is 0.202 e. The number of imidazole rings is 1. The van der Waals surface area contributed by atoms with Gasteiger partial charge in [-0.2, -0.15) is 0 Å². The molecule has 0 bridgehead atoms. The second-order valence-corrected chi connectivity index (χ2v) is 3.80. The van der Waals surface area contributed by atoms with Gasteiger partial charge in [-0.25, -0.2) is 4.98 Å². The zero-order chi connectivity index (χ0) is 9.10. The fraction of sp³-hybridized carbons (Fsp3) is 0.700. The lowest BCUT2D eigenvalue weighted by molar-refractivity contribution is 0.460. The number of aromatic nitrogens is 2. The van der Waals surface area contributed by atoms with Crippen molar-refractivity contribution < 1.29 is 0 Å². The van der Waals surface area contributed by atoms with Crippen LogP contribution in [-0.2, 0) is 6.54 Å². The van der Waals surface area contributed by atoms with Gasteiger partial charge in [-0.3, -0.25) is 0 Å². The van der Waals surface area contributed by atoms with Gasteiger partial charge in [0.15, 0.2) is 0 Å². The molecule has 0 aliphatic heterocycles. The molecule has 0 unspecified atom stereocenters. The van der Waals surface area contributed by atoms with E-state index in [0.29, 0.717) is 0 Å². The van der Waals surface area contributed by atoms with Gasteiger partial charge in [0.2, 0.25) is 5.95 Å². The second-order valence-electron chi connectivity index (χ2n) is 3.80. The molecule has 1 heterocycles. The minimum Gasteiger partial charge on any atom is -0.359 e. The Bertz CT molecular complexity index is 261. The maximum absolute atomic E-state index is 4.23. The van der Waals surface area contributed by atoms with Crippen molar-refractivity contribution in [3.63, 3.8) is 0 Å². The fourth-order valence-electron chi connectivity index (χ4n) is 2.16. The standard InChI is InChI=1S/C10H17N3/c1-11-10-12-6-7-13(10)8-9-4-2-3-5-9/h6-7,9H,2-5,8H2,1H3,(H,11,12). The van der Waals surface area contributed by atoms with Gasteiger partial charge in [0, 0.05) is 26.0 Å². The average Bonchev–Trinajstić information content (AvgIpc) is 2.76. The summed E-state index contributed by atoms with van der Waals surface area (Å²) >= 11 is 0. The number of nitrogens with zero attached hydrogens (tertiary/aromatic N) is 2. The van der Waals surface area contributed by atoms with E-state index in [-0.39, 0.29) is 0 Å². The molecular weight excluding hydrogens is 162 g/mol. The van der Waals surface area contributed by atoms with Gasteiger partial charge in [-0.15, -0.1) is 0 Å². The Labute approximate surface area is 79.2 Å². The number of nitrogens with one attached hydrogen (secondary N) is 1. The Hall–Kier alpha value is -0.990. The molecule has 1 aliphatic rings. The van der Waals surface area contributed by atoms with Gasteiger partial charge in [0.25, 0.3) is 0 Å². The van der Waals surface area contributed by atoms with Crippen molar-refractivity contribution in [1.29, 1.82) is 0 Å². The summed E-state index contributed by atoms with van der Waals surface area (Å²) in [6, 6.07) is 0. The molecule has 1 aromatic rings. The predicted molar refractivity (Wildman–Crippen MR) is 53.7 cm³/mol. The first-order valence-corrected chi connectivity index (χ1v) is 5.09. The molecule has 1 aliphatic carbocycles. The van der Waals surface area contributed by atoms with Crippen molar-refractivity contribution in [2.45, 2.75) is 32.2 Å². The minimum absolute atomic E-state index is 0.876. The monoisotopic (exact) mass is 179 g/mol. The van der Waals surface area contributed by atoms with Crippen molar-refractivity contribution in [3.8, 4) is 0 Å². The van der Waals surface area contributed by atoms with Crippen LogP contribution in [0.3, 0.4) is 0 Å². The maximum atomic E-state index is 4.23. The van der Waals surface area contributed by atoms with Gasteiger partial charge in [-0.05, 0) is 18.8 Å². The molecule has 3 heteroatoms. The van der Waals surface area contributed by atoms with E-state index in [4.69, 9.17) is 0 Å². The highest BCUT2D eigenvalue weighted by Gasteiger charge is 2.16. The van der Waals surface area contributed by atoms with Crippen LogP contribution < -0.4 is 5.32 Å². The minimum atomic E-state index is 0.876. The Balaban J connectivity index is 1.99. The van der Waals surface area contributed by atoms with Gasteiger partial charge in [0.1, 0.15) is 0 Å². The second kappa shape index (κ2) is 3.81. The zero-order valence-corrected chi connectivity index (χ0v) is 8.16. The third-order valence-electron chi connectivity index (χ3n) is 2.87. The van der Waals surface area contributed by atoms with E-state index in [1.165, 1.54) is 25.7 Å². The van der Waals surface area contributed by atoms with Crippen LogP contribution in [-0.4, -0.2) is 16.6 Å². The third-order valence-corrected chi connectivity index (χ3v) is 2.87. The Morgan fingerprint density at radius 2 is 2.31 bits per heavy atom. The Morgan fingerprint density at radius 3 is 3.00 bits per heavy atom. The lowest BCUT2D eigenvalue weighted by Gasteiger charge is -2.11. The first-order chi connectivity index (χ1) is 6.40. The first-order valence-electron chi connectivity index (χ1n) is 5.09. The van der Waals surface area contributed by atoms with E-state index in [0.717, 1.165) is 18.4 Å². The van der Waals surface area contributed by atoms with Crippen LogP contribution in [0.1, 0.15) is 25.7 Å². The molecule has 0 radical (unpaired) electrons. The van der Waals surface area contributed by atoms with Crippen molar-refractivity contribution in [1.82, 2.24) is 9.55 Å². The molecule has 1 saturated carbocycles. The quantitative estimate of drug-likeness (QED) is 0.770. The van der Waals surface area contributed by atoms with E-state index < -0.39 is 0 Å². The van der Waals surface area contributed by atoms with Crippen LogP contribution in [0.15, 0.2) is 12.4 Å². The van der Waals surface area contributed by atoms with Crippen molar-refractivity contribution >= 4 is 5.95 Å². The topological polar surface area (TPSA) is 29.9 Å². The van der Waals surface area contributed by atoms with Crippen LogP contribution in [0.4, 0.5) is 5.95 Å². The molecule has 3 nitrogen and oxygen atoms in total. The van der Waals surface area contributed by atoms with E-state index in [1.807, 2.05) is 13.2 Å². The van der Waals surface area contributed by atoms with Gasteiger partial charge >= 0.3 is 0 Å². The maximum Gasteiger partial charge on any atom is 0.202 e. The number of hydrogen-bond acceptors (Lipinski definition) is 2. The van der Waals surface area contributed by atoms with Gasteiger partial charge in [-0.1, -0.05) is 12.8 Å². The summed E-state index contributed by atoms with van der Waals surface area (Å²) in [5, 5.41) is 3.10. The molecule has 0 atom stereocenters. The lowest BCUT2D eigenvalue weighted by atomic mass is 10.1. The SMILES string of the molecule is CNc1nccn1CC1CCCC1. The van der Waals surface area contributed by atoms with Crippen molar-refractivity contribution in [2.24, 2.45) is 5.92 Å². The molecule has 0 spiro atoms. The summed E-state index contributed by atoms with van der Waals surface area (Å²) in [7, 11) is 1.92. The van der Waals surface area contributed by atoms with E-state index in [1.54, 1.807) is 0 Å². The van der Waals surface area contributed by atoms with E-state index in [2.05, 4.69) is 21.1 Å². The molecule has 72 valence electrons. The Kier molecular flexibility index (Phi) is 2.52. The molecule has 1 fully saturated rings. The van der Waals surface area contributed by atoms with Crippen molar-refractivity contribution in [2.75, 3.05) is 12.4 Å². The summed E-state index contributed by atoms with van der Waals surface area (Å²) in [6.45, 7) is 1.14. The third kappa shape index (κ3) is 1.85. The lowest BCUT2D eigenvalue weighted by Crippen LogP contribution is -2.09. The van der Waals surface area contributed by atoms with Crippen LogP contribution in [0.25, 0.3) is 0 Å². The molecule has 13 heavy (non-hydrogen) atoms. The molecule has 0 amide bonds. The average molecular weight is 179 g/mol. The molecule has 0 saturated heterocycles. The molecular formula is C10H17N3. The highest BCUT2D eigenvalue weighted by molar-refractivity contribution is 5.24. The fourth-order valence-corrected chi connectivity index (χ4v) is 2.16. The van der Waals surface area contributed by atoms with Crippen LogP contribution >= 0.6 is 0 Å². The highest BCUT2D eigenvalue weighted by atomic mass is 15.2. The van der Waals surface area contributed by atoms with E-state index >= 15 is 0 Å². The Morgan fingerprint density at radius 1 is 1.54 bits per heavy atom. The van der Waals surface area contributed by atoms with Gasteiger partial charge < -0.3 is 9.88 Å². The summed E-state index contributed by atoms with van der Waals surface area (Å²) < 4.78 is 2.22. The highest BCUT2D eigenvalue weighted by Crippen LogP contribution is 2.26. The summed E-state index contributed by atoms with van der Waals surface area (Å²) in [4.78, 5) is 4.23. The summed E-state index contributed by atoms with van der Waals surface area (Å²) in [6.07, 6.45) is 9.52. The molecule has 0 aromatic carbocycles. The number of hydrogen-bond donors (Lipinski definition) is 1. The predicted octanol–water partition coefficient (Wildman–Crippen LogP) is 2.12.